The van der Waals surface area contributed by atoms with Crippen LogP contribution in [0.3, 0.4) is 0 Å². The van der Waals surface area contributed by atoms with Gasteiger partial charge in [0.05, 0.1) is 0 Å². The maximum atomic E-state index is 14.7. The standard InChI is InChI=1S/C26H27F.C25H31.C19H14F.C13H18O.C13H23.4Y/c1-18-3-7-20(8-4-18)21-11-13-22(14-12-21)24-15-16-25(26(27)17-24)23-9-5-19(2)6-10-23;1-19-7-9-21(10-8-19)23-15-17-25(18-16-23)24-13-11-22(12-14-24)20-5-3-2-4-6-20;1-14-7-9-15(10-8-14)17-11-12-18(19(20)13-17)16-5-3-2-4-6-16;1-10-2-4-11(5-3-10)12-6-8-13(14)9-7-12;1-11-7-9-13(10-8-11)12-5-3-2-4-6-12;;;;/h5-6,9-18,20H,3-4,7-8H2,1-2H3;2,11-21H,3-10H2,1H3;3-13H,1H3;6-11,14H,2-5H2,1H3;2,11-13H,3-10H2,1H3;;;;/q;2*-1;;-1;;;;. The molecule has 0 amide bonds. The first-order valence-corrected chi connectivity index (χ1v) is 38.7. The first-order chi connectivity index (χ1) is 48.2. The normalized spacial score (nSPS) is 21.8. The van der Waals surface area contributed by atoms with Gasteiger partial charge in [0, 0.05) is 136 Å². The zero-order chi connectivity index (χ0) is 68.9. The molecule has 4 radical (unpaired) electrons. The van der Waals surface area contributed by atoms with E-state index in [1.807, 2.05) is 98.8 Å². The monoisotopic (exact) mass is 1680 g/mol. The summed E-state index contributed by atoms with van der Waals surface area (Å²) >= 11 is 0. The van der Waals surface area contributed by atoms with E-state index in [2.05, 4.69) is 132 Å². The van der Waals surface area contributed by atoms with Crippen molar-refractivity contribution in [1.82, 2.24) is 0 Å². The maximum absolute atomic E-state index is 14.7. The summed E-state index contributed by atoms with van der Waals surface area (Å²) in [6.07, 6.45) is 38.1. The Labute approximate surface area is 722 Å². The first-order valence-electron chi connectivity index (χ1n) is 38.7. The predicted molar refractivity (Wildman–Crippen MR) is 417 cm³/mol. The Bertz CT molecular complexity index is 3810. The number of aromatic hydroxyl groups is 1. The van der Waals surface area contributed by atoms with Gasteiger partial charge in [0.15, 0.2) is 0 Å². The van der Waals surface area contributed by atoms with Crippen molar-refractivity contribution in [3.8, 4) is 61.4 Å². The fraction of sp³-hybridized carbons (Fsp3) is 0.417. The van der Waals surface area contributed by atoms with Crippen LogP contribution in [0.2, 0.25) is 0 Å². The molecule has 0 aromatic heterocycles. The van der Waals surface area contributed by atoms with E-state index in [1.54, 1.807) is 42.0 Å². The van der Waals surface area contributed by atoms with Crippen molar-refractivity contribution in [2.24, 2.45) is 35.5 Å². The van der Waals surface area contributed by atoms with Gasteiger partial charge in [0.1, 0.15) is 17.4 Å². The first kappa shape index (κ1) is 87.3. The van der Waals surface area contributed by atoms with Crippen molar-refractivity contribution < 1.29 is 145 Å². The molecule has 6 aliphatic rings. The number of rotatable bonds is 10. The van der Waals surface area contributed by atoms with Crippen molar-refractivity contribution in [2.75, 3.05) is 0 Å². The number of hydrogen-bond acceptors (Lipinski definition) is 1. The SMILES string of the molecule is CC1CCC(C2CC[CH-]CC2)CC1.CC1CCC(c2ccc(-c3ccc(C4CC[CH-]CC4)cc3)cc2)CC1.CC1CCC(c2ccc(O)cc2)CC1.Cc1ccc(-c2ccc(-c3cc[c-]cc3)c(F)c2)cc1.Cc1ccc(-c2ccc(-c3ccc(C4CCC(C)CC4)cc3)cc2F)cc1.[Y].[Y].[Y].[Y]. The number of hydrogen-bond donors (Lipinski definition) is 1. The van der Waals surface area contributed by atoms with Gasteiger partial charge in [-0.25, -0.2) is 8.78 Å². The van der Waals surface area contributed by atoms with Gasteiger partial charge in [-0.3, -0.25) is 0 Å². The molecule has 0 bridgehead atoms. The van der Waals surface area contributed by atoms with E-state index in [4.69, 9.17) is 0 Å². The Morgan fingerprint density at radius 2 is 0.553 bits per heavy atom. The van der Waals surface area contributed by atoms with Gasteiger partial charge in [0.2, 0.25) is 0 Å². The van der Waals surface area contributed by atoms with Crippen molar-refractivity contribution in [3.63, 3.8) is 0 Å². The van der Waals surface area contributed by atoms with E-state index in [0.29, 0.717) is 22.8 Å². The van der Waals surface area contributed by atoms with Crippen LogP contribution in [0.15, 0.2) is 206 Å². The number of phenolic OH excluding ortho intramolecular Hbond substituents is 1. The van der Waals surface area contributed by atoms with Crippen molar-refractivity contribution >= 4 is 0 Å². The van der Waals surface area contributed by atoms with E-state index in [9.17, 15) is 13.9 Å². The quantitative estimate of drug-likeness (QED) is 0.135. The van der Waals surface area contributed by atoms with Gasteiger partial charge >= 0.3 is 0 Å². The summed E-state index contributed by atoms with van der Waals surface area (Å²) in [5.74, 6) is 8.91. The van der Waals surface area contributed by atoms with E-state index in [0.717, 1.165) is 86.6 Å². The third kappa shape index (κ3) is 26.7. The Morgan fingerprint density at radius 3 is 0.903 bits per heavy atom. The second-order valence-electron chi connectivity index (χ2n) is 31.1. The van der Waals surface area contributed by atoms with Crippen molar-refractivity contribution in [2.45, 2.75) is 219 Å². The molecule has 0 unspecified atom stereocenters. The van der Waals surface area contributed by atoms with Crippen LogP contribution in [0.5, 0.6) is 5.75 Å². The molecule has 0 spiro atoms. The average Bonchev–Trinajstić information content (AvgIpc) is 0.828. The summed E-state index contributed by atoms with van der Waals surface area (Å²) in [5, 5.41) is 9.20. The van der Waals surface area contributed by atoms with E-state index in [1.165, 1.54) is 193 Å². The second kappa shape index (κ2) is 45.3. The van der Waals surface area contributed by atoms with Gasteiger partial charge < -0.3 is 17.9 Å². The molecule has 103 heavy (non-hydrogen) atoms. The smallest absolute Gasteiger partial charge is 0.131 e. The summed E-state index contributed by atoms with van der Waals surface area (Å²) in [7, 11) is 0. The summed E-state index contributed by atoms with van der Waals surface area (Å²) in [6.45, 7) is 13.6. The fourth-order valence-corrected chi connectivity index (χ4v) is 16.7. The Balaban J connectivity index is 0.000000183. The van der Waals surface area contributed by atoms with Crippen LogP contribution in [0.4, 0.5) is 8.78 Å². The molecular formula is C96H113F2OY4-3. The summed E-state index contributed by atoms with van der Waals surface area (Å²) < 4.78 is 29.0. The molecule has 9 aromatic rings. The average molecular weight is 1680 g/mol. The minimum Gasteiger partial charge on any atom is -0.508 e. The number of phenols is 1. The zero-order valence-corrected chi connectivity index (χ0v) is 74.4. The number of benzene rings is 9. The van der Waals surface area contributed by atoms with Crippen LogP contribution >= 0.6 is 0 Å². The zero-order valence-electron chi connectivity index (χ0n) is 63.0. The largest absolute Gasteiger partial charge is 0.508 e. The molecule has 532 valence electrons. The molecule has 15 rings (SSSR count). The minimum atomic E-state index is -0.200. The van der Waals surface area contributed by atoms with Crippen LogP contribution in [0, 0.1) is 79.9 Å². The third-order valence-electron chi connectivity index (χ3n) is 23.6. The van der Waals surface area contributed by atoms with Crippen molar-refractivity contribution in [3.05, 3.63) is 270 Å². The summed E-state index contributed by atoms with van der Waals surface area (Å²) in [6, 6.07) is 72.6. The topological polar surface area (TPSA) is 20.2 Å². The molecule has 0 heterocycles. The molecule has 6 aliphatic carbocycles. The third-order valence-corrected chi connectivity index (χ3v) is 23.6. The molecule has 9 aromatic carbocycles. The van der Waals surface area contributed by atoms with Gasteiger partial charge in [-0.05, 0) is 215 Å². The van der Waals surface area contributed by atoms with Crippen LogP contribution in [-0.2, 0) is 131 Å². The van der Waals surface area contributed by atoms with Crippen LogP contribution in [0.1, 0.15) is 239 Å². The maximum Gasteiger partial charge on any atom is 0.131 e. The van der Waals surface area contributed by atoms with E-state index < -0.39 is 0 Å². The molecule has 1 N–H and O–H groups in total. The number of aryl methyl sites for hydroxylation is 2. The molecule has 1 nitrogen and oxygen atoms in total. The Hall–Kier alpha value is -2.94. The van der Waals surface area contributed by atoms with Gasteiger partial charge in [-0.1, -0.05) is 274 Å². The van der Waals surface area contributed by atoms with E-state index >= 15 is 0 Å². The molecule has 7 heteroatoms. The molecule has 6 fully saturated rings. The number of halogens is 2. The van der Waals surface area contributed by atoms with Crippen molar-refractivity contribution in [1.29, 1.82) is 0 Å². The van der Waals surface area contributed by atoms with Gasteiger partial charge in [-0.15, -0.1) is 5.56 Å². The van der Waals surface area contributed by atoms with Crippen LogP contribution < -0.4 is 0 Å². The summed E-state index contributed by atoms with van der Waals surface area (Å²) in [4.78, 5) is 0. The minimum absolute atomic E-state index is 0. The van der Waals surface area contributed by atoms with Crippen LogP contribution in [-0.4, -0.2) is 5.11 Å². The summed E-state index contributed by atoms with van der Waals surface area (Å²) in [5.41, 5.74) is 18.0. The van der Waals surface area contributed by atoms with Gasteiger partial charge in [-0.2, -0.15) is 56.0 Å². The molecule has 0 atom stereocenters. The predicted octanol–water partition coefficient (Wildman–Crippen LogP) is 28.4. The molecular weight excluding hydrogens is 1560 g/mol. The molecule has 0 saturated heterocycles. The van der Waals surface area contributed by atoms with Gasteiger partial charge in [0.25, 0.3) is 0 Å². The Morgan fingerprint density at radius 1 is 0.291 bits per heavy atom. The fourth-order valence-electron chi connectivity index (χ4n) is 16.7. The molecule has 6 saturated carbocycles. The molecule has 0 aliphatic heterocycles. The van der Waals surface area contributed by atoms with Crippen LogP contribution in [0.25, 0.3) is 55.6 Å². The Kier molecular flexibility index (Phi) is 38.4. The van der Waals surface area contributed by atoms with E-state index in [-0.39, 0.29) is 142 Å². The second-order valence-corrected chi connectivity index (χ2v) is 31.1.